The molecule has 1 N–H and O–H groups in total. The number of fused-ring (bicyclic) bond motifs is 1. The Morgan fingerprint density at radius 1 is 1.16 bits per heavy atom. The van der Waals surface area contributed by atoms with Gasteiger partial charge in [0.05, 0.1) is 26.1 Å². The average molecular weight is 333 g/mol. The Labute approximate surface area is 131 Å². The second-order valence-electron chi connectivity index (χ2n) is 4.61. The zero-order chi connectivity index (χ0) is 13.4. The number of halogens is 3. The van der Waals surface area contributed by atoms with E-state index < -0.39 is 0 Å². The standard InChI is InChI=1S/C14H12Cl3NS/c15-9-3-1-4-10(16)14(9)18-11-5-2-6-12-8(11)7-13(17)19-12/h1,3-4,7,11,18H,2,5-6H2. The molecule has 1 nitrogen and oxygen atoms in total. The lowest BCUT2D eigenvalue weighted by molar-refractivity contribution is 0.609. The average Bonchev–Trinajstić information content (AvgIpc) is 2.75. The second kappa shape index (κ2) is 5.53. The highest BCUT2D eigenvalue weighted by Crippen LogP contribution is 2.41. The lowest BCUT2D eigenvalue weighted by Crippen LogP contribution is -2.16. The molecular formula is C14H12Cl3NS. The number of nitrogens with one attached hydrogen (secondary N) is 1. The first-order valence-electron chi connectivity index (χ1n) is 6.14. The number of thiophene rings is 1. The first kappa shape index (κ1) is 13.6. The van der Waals surface area contributed by atoms with E-state index in [0.29, 0.717) is 10.0 Å². The largest absolute Gasteiger partial charge is 0.376 e. The van der Waals surface area contributed by atoms with E-state index in [0.717, 1.165) is 29.3 Å². The minimum Gasteiger partial charge on any atom is -0.376 e. The van der Waals surface area contributed by atoms with E-state index in [-0.39, 0.29) is 6.04 Å². The van der Waals surface area contributed by atoms with Crippen LogP contribution in [0.1, 0.15) is 29.3 Å². The van der Waals surface area contributed by atoms with Gasteiger partial charge >= 0.3 is 0 Å². The summed E-state index contributed by atoms with van der Waals surface area (Å²) in [5.41, 5.74) is 2.10. The van der Waals surface area contributed by atoms with Gasteiger partial charge in [0.15, 0.2) is 0 Å². The summed E-state index contributed by atoms with van der Waals surface area (Å²) in [6.07, 6.45) is 3.34. The highest BCUT2D eigenvalue weighted by atomic mass is 35.5. The Kier molecular flexibility index (Phi) is 3.95. The monoisotopic (exact) mass is 331 g/mol. The molecule has 1 aromatic carbocycles. The summed E-state index contributed by atoms with van der Waals surface area (Å²) in [7, 11) is 0. The van der Waals surface area contributed by atoms with Gasteiger partial charge in [-0.3, -0.25) is 0 Å². The predicted octanol–water partition coefficient (Wildman–Crippen LogP) is 6.20. The highest BCUT2D eigenvalue weighted by molar-refractivity contribution is 7.16. The Morgan fingerprint density at radius 3 is 2.63 bits per heavy atom. The van der Waals surface area contributed by atoms with Gasteiger partial charge in [0, 0.05) is 4.88 Å². The van der Waals surface area contributed by atoms with Gasteiger partial charge in [-0.1, -0.05) is 40.9 Å². The third-order valence-corrected chi connectivity index (χ3v) is 5.33. The number of anilines is 1. The summed E-state index contributed by atoms with van der Waals surface area (Å²) in [6, 6.07) is 7.84. The van der Waals surface area contributed by atoms with Crippen LogP contribution in [-0.4, -0.2) is 0 Å². The van der Waals surface area contributed by atoms with Crippen LogP contribution in [0, 0.1) is 0 Å². The fourth-order valence-electron chi connectivity index (χ4n) is 2.48. The van der Waals surface area contributed by atoms with Crippen LogP contribution >= 0.6 is 46.1 Å². The third kappa shape index (κ3) is 2.73. The van der Waals surface area contributed by atoms with E-state index >= 15 is 0 Å². The fraction of sp³-hybridized carbons (Fsp3) is 0.286. The zero-order valence-electron chi connectivity index (χ0n) is 10.1. The van der Waals surface area contributed by atoms with Crippen molar-refractivity contribution in [1.82, 2.24) is 0 Å². The maximum absolute atomic E-state index is 6.21. The van der Waals surface area contributed by atoms with Gasteiger partial charge in [-0.05, 0) is 43.0 Å². The van der Waals surface area contributed by atoms with Crippen molar-refractivity contribution in [2.45, 2.75) is 25.3 Å². The smallest absolute Gasteiger partial charge is 0.0934 e. The van der Waals surface area contributed by atoms with Gasteiger partial charge in [0.1, 0.15) is 0 Å². The topological polar surface area (TPSA) is 12.0 Å². The molecule has 0 saturated carbocycles. The fourth-order valence-corrected chi connectivity index (χ4v) is 4.37. The highest BCUT2D eigenvalue weighted by Gasteiger charge is 2.23. The number of para-hydroxylation sites is 1. The van der Waals surface area contributed by atoms with E-state index in [1.165, 1.54) is 10.4 Å². The molecule has 0 radical (unpaired) electrons. The maximum Gasteiger partial charge on any atom is 0.0934 e. The molecule has 0 fully saturated rings. The molecule has 1 aliphatic rings. The SMILES string of the molecule is Clc1cc2c(s1)CCCC2Nc1c(Cl)cccc1Cl. The lowest BCUT2D eigenvalue weighted by atomic mass is 9.94. The minimum atomic E-state index is 0.241. The van der Waals surface area contributed by atoms with Crippen molar-refractivity contribution < 1.29 is 0 Å². The van der Waals surface area contributed by atoms with Crippen LogP contribution in [0.4, 0.5) is 5.69 Å². The van der Waals surface area contributed by atoms with Crippen LogP contribution in [0.2, 0.25) is 14.4 Å². The van der Waals surface area contributed by atoms with Gasteiger partial charge in [-0.2, -0.15) is 0 Å². The molecule has 0 spiro atoms. The summed E-state index contributed by atoms with van der Waals surface area (Å²) in [4.78, 5) is 1.37. The molecule has 5 heteroatoms. The number of hydrogen-bond donors (Lipinski definition) is 1. The molecule has 0 saturated heterocycles. The maximum atomic E-state index is 6.21. The Bertz CT molecular complexity index is 588. The van der Waals surface area contributed by atoms with Crippen LogP contribution in [0.5, 0.6) is 0 Å². The first-order chi connectivity index (χ1) is 9.15. The third-order valence-electron chi connectivity index (χ3n) is 3.37. The van der Waals surface area contributed by atoms with E-state index in [9.17, 15) is 0 Å². The molecule has 1 heterocycles. The lowest BCUT2D eigenvalue weighted by Gasteiger charge is -2.25. The van der Waals surface area contributed by atoms with Gasteiger partial charge < -0.3 is 5.32 Å². The molecule has 0 bridgehead atoms. The van der Waals surface area contributed by atoms with Gasteiger partial charge in [-0.25, -0.2) is 0 Å². The number of aryl methyl sites for hydroxylation is 1. The number of hydrogen-bond acceptors (Lipinski definition) is 2. The van der Waals surface area contributed by atoms with Gasteiger partial charge in [0.2, 0.25) is 0 Å². The van der Waals surface area contributed by atoms with Crippen LogP contribution in [0.25, 0.3) is 0 Å². The Hall–Kier alpha value is -0.410. The summed E-state index contributed by atoms with van der Waals surface area (Å²) in [5.74, 6) is 0. The molecular weight excluding hydrogens is 321 g/mol. The molecule has 19 heavy (non-hydrogen) atoms. The summed E-state index contributed by atoms with van der Waals surface area (Å²) in [6.45, 7) is 0. The molecule has 0 amide bonds. The summed E-state index contributed by atoms with van der Waals surface area (Å²) in [5, 5.41) is 4.78. The normalized spacial score (nSPS) is 18.2. The van der Waals surface area contributed by atoms with Crippen molar-refractivity contribution in [2.24, 2.45) is 0 Å². The quantitative estimate of drug-likeness (QED) is 0.690. The van der Waals surface area contributed by atoms with Crippen molar-refractivity contribution in [2.75, 3.05) is 5.32 Å². The van der Waals surface area contributed by atoms with Crippen LogP contribution in [0.15, 0.2) is 24.3 Å². The number of rotatable bonds is 2. The molecule has 100 valence electrons. The van der Waals surface area contributed by atoms with Crippen molar-refractivity contribution in [3.8, 4) is 0 Å². The van der Waals surface area contributed by atoms with Crippen molar-refractivity contribution in [3.05, 3.63) is 49.1 Å². The molecule has 1 aliphatic carbocycles. The molecule has 0 aliphatic heterocycles. The van der Waals surface area contributed by atoms with E-state index in [1.54, 1.807) is 11.3 Å². The molecule has 1 atom stereocenters. The van der Waals surface area contributed by atoms with Crippen molar-refractivity contribution >= 4 is 51.8 Å². The Morgan fingerprint density at radius 2 is 1.89 bits per heavy atom. The molecule has 2 aromatic rings. The van der Waals surface area contributed by atoms with Crippen molar-refractivity contribution in [3.63, 3.8) is 0 Å². The van der Waals surface area contributed by atoms with E-state index in [1.807, 2.05) is 18.2 Å². The van der Waals surface area contributed by atoms with Crippen molar-refractivity contribution in [1.29, 1.82) is 0 Å². The summed E-state index contributed by atoms with van der Waals surface area (Å²) >= 11 is 20.2. The number of benzene rings is 1. The first-order valence-corrected chi connectivity index (χ1v) is 8.09. The minimum absolute atomic E-state index is 0.241. The van der Waals surface area contributed by atoms with Gasteiger partial charge in [0.25, 0.3) is 0 Å². The second-order valence-corrected chi connectivity index (χ2v) is 7.20. The Balaban J connectivity index is 1.92. The molecule has 1 unspecified atom stereocenters. The summed E-state index contributed by atoms with van der Waals surface area (Å²) < 4.78 is 0.851. The van der Waals surface area contributed by atoms with Crippen LogP contribution < -0.4 is 5.32 Å². The van der Waals surface area contributed by atoms with E-state index in [2.05, 4.69) is 11.4 Å². The molecule has 1 aromatic heterocycles. The molecule has 3 rings (SSSR count). The zero-order valence-corrected chi connectivity index (χ0v) is 13.1. The van der Waals surface area contributed by atoms with Crippen LogP contribution in [0.3, 0.4) is 0 Å². The predicted molar refractivity (Wildman–Crippen MR) is 85.1 cm³/mol. The van der Waals surface area contributed by atoms with E-state index in [4.69, 9.17) is 34.8 Å². The van der Waals surface area contributed by atoms with Gasteiger partial charge in [-0.15, -0.1) is 11.3 Å². The van der Waals surface area contributed by atoms with Crippen LogP contribution in [-0.2, 0) is 6.42 Å².